The van der Waals surface area contributed by atoms with Crippen molar-refractivity contribution in [3.05, 3.63) is 29.8 Å². The Morgan fingerprint density at radius 1 is 0.929 bits per heavy atom. The molecule has 0 amide bonds. The van der Waals surface area contributed by atoms with Crippen LogP contribution in [0.1, 0.15) is 38.7 Å². The highest BCUT2D eigenvalue weighted by Gasteiger charge is 2.33. The number of likely N-dealkylation sites (tertiary alicyclic amines) is 1. The molecule has 2 heterocycles. The van der Waals surface area contributed by atoms with Crippen LogP contribution in [0.5, 0.6) is 5.75 Å². The summed E-state index contributed by atoms with van der Waals surface area (Å²) in [7, 11) is 0. The number of alkyl halides is 2. The minimum atomic E-state index is -2.46. The molecule has 1 aromatic rings. The van der Waals surface area contributed by atoms with Crippen LogP contribution in [0.15, 0.2) is 24.3 Å². The smallest absolute Gasteiger partial charge is 0.250 e. The van der Waals surface area contributed by atoms with Crippen LogP contribution in [0.2, 0.25) is 0 Å². The van der Waals surface area contributed by atoms with Crippen molar-refractivity contribution in [3.8, 4) is 5.75 Å². The Labute approximate surface area is 168 Å². The molecule has 0 N–H and O–H groups in total. The number of rotatable bonds is 8. The van der Waals surface area contributed by atoms with Crippen molar-refractivity contribution in [3.63, 3.8) is 0 Å². The van der Waals surface area contributed by atoms with Crippen molar-refractivity contribution < 1.29 is 13.5 Å². The van der Waals surface area contributed by atoms with Gasteiger partial charge in [-0.2, -0.15) is 0 Å². The van der Waals surface area contributed by atoms with Crippen molar-refractivity contribution in [1.82, 2.24) is 14.7 Å². The summed E-state index contributed by atoms with van der Waals surface area (Å²) in [5.41, 5.74) is 1.32. The SMILES string of the molecule is CC(C)N1CCN(Cc2ccc(OCCCN3CCC(F)(F)CC3)cc2)CC1. The van der Waals surface area contributed by atoms with E-state index >= 15 is 0 Å². The minimum absolute atomic E-state index is 0.0121. The zero-order valence-corrected chi connectivity index (χ0v) is 17.4. The highest BCUT2D eigenvalue weighted by Crippen LogP contribution is 2.27. The first-order valence-corrected chi connectivity index (χ1v) is 10.7. The van der Waals surface area contributed by atoms with Crippen molar-refractivity contribution in [2.24, 2.45) is 0 Å². The largest absolute Gasteiger partial charge is 0.494 e. The van der Waals surface area contributed by atoms with Gasteiger partial charge in [-0.3, -0.25) is 9.80 Å². The Kier molecular flexibility index (Phi) is 7.66. The van der Waals surface area contributed by atoms with E-state index in [-0.39, 0.29) is 12.8 Å². The monoisotopic (exact) mass is 395 g/mol. The lowest BCUT2D eigenvalue weighted by Gasteiger charge is -2.36. The number of benzene rings is 1. The standard InChI is InChI=1S/C22H35F2N3O/c1-19(2)27-15-13-26(14-16-27)18-20-4-6-21(7-5-20)28-17-3-10-25-11-8-22(23,24)9-12-25/h4-7,19H,3,8-18H2,1-2H3. The Bertz CT molecular complexity index is 576. The summed E-state index contributed by atoms with van der Waals surface area (Å²) in [5.74, 6) is -1.57. The maximum atomic E-state index is 13.2. The van der Waals surface area contributed by atoms with Gasteiger partial charge >= 0.3 is 0 Å². The van der Waals surface area contributed by atoms with Gasteiger partial charge in [-0.25, -0.2) is 8.78 Å². The maximum Gasteiger partial charge on any atom is 0.250 e. The summed E-state index contributed by atoms with van der Waals surface area (Å²) in [6.07, 6.45) is 0.844. The molecule has 0 unspecified atom stereocenters. The molecule has 4 nitrogen and oxygen atoms in total. The molecule has 0 aromatic heterocycles. The third-order valence-corrected chi connectivity index (χ3v) is 5.94. The van der Waals surface area contributed by atoms with E-state index in [2.05, 4.69) is 40.7 Å². The molecule has 0 saturated carbocycles. The van der Waals surface area contributed by atoms with Crippen molar-refractivity contribution in [2.45, 2.75) is 51.6 Å². The molecule has 0 atom stereocenters. The van der Waals surface area contributed by atoms with Gasteiger partial charge in [-0.1, -0.05) is 12.1 Å². The summed E-state index contributed by atoms with van der Waals surface area (Å²) in [6.45, 7) is 12.5. The van der Waals surface area contributed by atoms with Crippen LogP contribution < -0.4 is 4.74 Å². The third kappa shape index (κ3) is 6.68. The first kappa shape index (κ1) is 21.5. The zero-order chi connectivity index (χ0) is 20.0. The molecule has 2 aliphatic heterocycles. The van der Waals surface area contributed by atoms with Gasteiger partial charge in [0.1, 0.15) is 5.75 Å². The van der Waals surface area contributed by atoms with Gasteiger partial charge in [-0.05, 0) is 38.0 Å². The first-order chi connectivity index (χ1) is 13.4. The molecular weight excluding hydrogens is 360 g/mol. The zero-order valence-electron chi connectivity index (χ0n) is 17.4. The van der Waals surface area contributed by atoms with E-state index in [0.717, 1.165) is 51.4 Å². The van der Waals surface area contributed by atoms with Crippen molar-refractivity contribution in [1.29, 1.82) is 0 Å². The topological polar surface area (TPSA) is 19.0 Å². The molecule has 0 spiro atoms. The second kappa shape index (κ2) is 9.99. The number of halogens is 2. The highest BCUT2D eigenvalue weighted by molar-refractivity contribution is 5.27. The third-order valence-electron chi connectivity index (χ3n) is 5.94. The van der Waals surface area contributed by atoms with Crippen LogP contribution in [0.25, 0.3) is 0 Å². The van der Waals surface area contributed by atoms with Crippen LogP contribution in [0.4, 0.5) is 8.78 Å². The molecule has 0 radical (unpaired) electrons. The van der Waals surface area contributed by atoms with E-state index in [4.69, 9.17) is 4.74 Å². The fourth-order valence-electron chi connectivity index (χ4n) is 3.97. The molecule has 1 aromatic carbocycles. The molecule has 3 rings (SSSR count). The second-order valence-electron chi connectivity index (χ2n) is 8.45. The van der Waals surface area contributed by atoms with Crippen LogP contribution in [0.3, 0.4) is 0 Å². The molecule has 158 valence electrons. The molecular formula is C22H35F2N3O. The van der Waals surface area contributed by atoms with Gasteiger partial charge in [0.15, 0.2) is 0 Å². The van der Waals surface area contributed by atoms with E-state index < -0.39 is 5.92 Å². The average Bonchev–Trinajstić information content (AvgIpc) is 2.68. The Morgan fingerprint density at radius 2 is 1.57 bits per heavy atom. The van der Waals surface area contributed by atoms with Crippen LogP contribution >= 0.6 is 0 Å². The van der Waals surface area contributed by atoms with E-state index in [0.29, 0.717) is 25.7 Å². The lowest BCUT2D eigenvalue weighted by Crippen LogP contribution is -2.48. The predicted molar refractivity (Wildman–Crippen MR) is 109 cm³/mol. The van der Waals surface area contributed by atoms with Crippen LogP contribution in [0, 0.1) is 0 Å². The summed E-state index contributed by atoms with van der Waals surface area (Å²) in [5, 5.41) is 0. The maximum absolute atomic E-state index is 13.2. The Morgan fingerprint density at radius 3 is 2.18 bits per heavy atom. The number of piperidine rings is 1. The van der Waals surface area contributed by atoms with E-state index in [1.165, 1.54) is 5.56 Å². The molecule has 28 heavy (non-hydrogen) atoms. The summed E-state index contributed by atoms with van der Waals surface area (Å²) >= 11 is 0. The van der Waals surface area contributed by atoms with Crippen molar-refractivity contribution in [2.75, 3.05) is 52.4 Å². The van der Waals surface area contributed by atoms with Gasteiger partial charge in [0.25, 0.3) is 5.92 Å². The average molecular weight is 396 g/mol. The molecule has 6 heteroatoms. The van der Waals surface area contributed by atoms with Crippen LogP contribution in [-0.4, -0.2) is 79.1 Å². The van der Waals surface area contributed by atoms with Crippen molar-refractivity contribution >= 4 is 0 Å². The summed E-state index contributed by atoms with van der Waals surface area (Å²) in [4.78, 5) is 7.16. The quantitative estimate of drug-likeness (QED) is 0.625. The fourth-order valence-corrected chi connectivity index (χ4v) is 3.97. The minimum Gasteiger partial charge on any atom is -0.494 e. The Hall–Kier alpha value is -1.24. The number of hydrogen-bond acceptors (Lipinski definition) is 4. The molecule has 0 bridgehead atoms. The number of hydrogen-bond donors (Lipinski definition) is 0. The van der Waals surface area contributed by atoms with E-state index in [1.54, 1.807) is 0 Å². The van der Waals surface area contributed by atoms with E-state index in [9.17, 15) is 8.78 Å². The fraction of sp³-hybridized carbons (Fsp3) is 0.727. The van der Waals surface area contributed by atoms with Crippen LogP contribution in [-0.2, 0) is 6.54 Å². The lowest BCUT2D eigenvalue weighted by atomic mass is 10.1. The lowest BCUT2D eigenvalue weighted by molar-refractivity contribution is -0.0554. The van der Waals surface area contributed by atoms with Gasteiger partial charge in [0, 0.05) is 71.2 Å². The van der Waals surface area contributed by atoms with Gasteiger partial charge in [0.05, 0.1) is 6.61 Å². The summed E-state index contributed by atoms with van der Waals surface area (Å²) in [6, 6.07) is 9.02. The molecule has 0 aliphatic carbocycles. The first-order valence-electron chi connectivity index (χ1n) is 10.7. The highest BCUT2D eigenvalue weighted by atomic mass is 19.3. The van der Waals surface area contributed by atoms with Gasteiger partial charge in [0.2, 0.25) is 0 Å². The Balaban J connectivity index is 1.31. The number of ether oxygens (including phenoxy) is 1. The van der Waals surface area contributed by atoms with Gasteiger partial charge in [-0.15, -0.1) is 0 Å². The molecule has 2 saturated heterocycles. The molecule has 2 aliphatic rings. The summed E-state index contributed by atoms with van der Waals surface area (Å²) < 4.78 is 32.1. The number of nitrogens with zero attached hydrogens (tertiary/aromatic N) is 3. The molecule has 2 fully saturated rings. The second-order valence-corrected chi connectivity index (χ2v) is 8.45. The van der Waals surface area contributed by atoms with Gasteiger partial charge < -0.3 is 9.64 Å². The normalized spacial score (nSPS) is 21.9. The number of piperazine rings is 1. The predicted octanol–water partition coefficient (Wildman–Crippen LogP) is 3.71. The van der Waals surface area contributed by atoms with E-state index in [1.807, 2.05) is 12.1 Å².